The number of nitriles is 1. The predicted octanol–water partition coefficient (Wildman–Crippen LogP) is 2.07. The van der Waals surface area contributed by atoms with Crippen LogP contribution < -0.4 is 5.32 Å². The Morgan fingerprint density at radius 2 is 2.25 bits per heavy atom. The second kappa shape index (κ2) is 6.22. The minimum absolute atomic E-state index is 0.195. The number of aliphatic hydroxyl groups excluding tert-OH is 1. The van der Waals surface area contributed by atoms with Crippen molar-refractivity contribution >= 4 is 0 Å². The van der Waals surface area contributed by atoms with Gasteiger partial charge >= 0.3 is 0 Å². The van der Waals surface area contributed by atoms with Gasteiger partial charge in [-0.1, -0.05) is 26.7 Å². The largest absolute Gasteiger partial charge is 0.396 e. The summed E-state index contributed by atoms with van der Waals surface area (Å²) in [6, 6.07) is 2.52. The number of hydrogen-bond acceptors (Lipinski definition) is 3. The van der Waals surface area contributed by atoms with E-state index in [0.29, 0.717) is 11.8 Å². The Morgan fingerprint density at radius 3 is 2.81 bits per heavy atom. The molecule has 0 radical (unpaired) electrons. The van der Waals surface area contributed by atoms with Crippen molar-refractivity contribution in [1.29, 1.82) is 5.26 Å². The third kappa shape index (κ3) is 2.96. The molecule has 0 aromatic carbocycles. The van der Waals surface area contributed by atoms with Crippen LogP contribution >= 0.6 is 0 Å². The molecule has 0 bridgehead atoms. The van der Waals surface area contributed by atoms with Gasteiger partial charge in [-0.25, -0.2) is 0 Å². The quantitative estimate of drug-likeness (QED) is 0.703. The molecule has 1 rings (SSSR count). The van der Waals surface area contributed by atoms with Crippen LogP contribution in [-0.2, 0) is 0 Å². The van der Waals surface area contributed by atoms with Crippen LogP contribution in [0.5, 0.6) is 0 Å². The maximum absolute atomic E-state index is 9.49. The highest BCUT2D eigenvalue weighted by molar-refractivity contribution is 5.13. The van der Waals surface area contributed by atoms with Crippen molar-refractivity contribution < 1.29 is 5.11 Å². The first-order valence-electron chi connectivity index (χ1n) is 6.43. The fourth-order valence-electron chi connectivity index (χ4n) is 2.89. The summed E-state index contributed by atoms with van der Waals surface area (Å²) in [5.74, 6) is 0.992. The molecule has 0 heterocycles. The molecule has 1 fully saturated rings. The summed E-state index contributed by atoms with van der Waals surface area (Å²) in [6.07, 6.45) is 5.22. The zero-order chi connectivity index (χ0) is 12.0. The monoisotopic (exact) mass is 224 g/mol. The Labute approximate surface area is 98.8 Å². The smallest absolute Gasteiger partial charge is 0.109 e. The van der Waals surface area contributed by atoms with Crippen molar-refractivity contribution in [3.05, 3.63) is 0 Å². The topological polar surface area (TPSA) is 56.0 Å². The van der Waals surface area contributed by atoms with Crippen molar-refractivity contribution in [2.24, 2.45) is 11.8 Å². The van der Waals surface area contributed by atoms with E-state index in [2.05, 4.69) is 25.2 Å². The third-order valence-corrected chi connectivity index (χ3v) is 3.75. The van der Waals surface area contributed by atoms with Gasteiger partial charge in [0.1, 0.15) is 5.54 Å². The molecular weight excluding hydrogens is 200 g/mol. The first kappa shape index (κ1) is 13.5. The molecular formula is C13H24N2O. The van der Waals surface area contributed by atoms with E-state index in [9.17, 15) is 5.26 Å². The summed E-state index contributed by atoms with van der Waals surface area (Å²) in [5, 5.41) is 21.7. The minimum Gasteiger partial charge on any atom is -0.396 e. The minimum atomic E-state index is -0.346. The maximum atomic E-state index is 9.49. The molecule has 0 aliphatic heterocycles. The van der Waals surface area contributed by atoms with Gasteiger partial charge in [0.2, 0.25) is 0 Å². The molecule has 92 valence electrons. The zero-order valence-electron chi connectivity index (χ0n) is 10.5. The van der Waals surface area contributed by atoms with Gasteiger partial charge in [0.05, 0.1) is 6.07 Å². The van der Waals surface area contributed by atoms with E-state index < -0.39 is 0 Å². The van der Waals surface area contributed by atoms with Crippen LogP contribution in [0.25, 0.3) is 0 Å². The number of nitrogens with one attached hydrogen (secondary N) is 1. The van der Waals surface area contributed by atoms with Crippen LogP contribution in [0.15, 0.2) is 0 Å². The van der Waals surface area contributed by atoms with Gasteiger partial charge in [0.15, 0.2) is 0 Å². The number of aliphatic hydroxyl groups is 1. The van der Waals surface area contributed by atoms with E-state index in [0.717, 1.165) is 32.2 Å². The number of hydrogen-bond donors (Lipinski definition) is 2. The van der Waals surface area contributed by atoms with Gasteiger partial charge in [-0.2, -0.15) is 5.26 Å². The summed E-state index contributed by atoms with van der Waals surface area (Å²) in [5.41, 5.74) is -0.346. The van der Waals surface area contributed by atoms with Crippen LogP contribution in [0.3, 0.4) is 0 Å². The van der Waals surface area contributed by atoms with Crippen molar-refractivity contribution in [3.63, 3.8) is 0 Å². The summed E-state index contributed by atoms with van der Waals surface area (Å²) in [4.78, 5) is 0. The predicted molar refractivity (Wildman–Crippen MR) is 64.8 cm³/mol. The first-order chi connectivity index (χ1) is 7.66. The van der Waals surface area contributed by atoms with Crippen molar-refractivity contribution in [1.82, 2.24) is 5.32 Å². The molecule has 0 amide bonds. The zero-order valence-corrected chi connectivity index (χ0v) is 10.5. The first-order valence-corrected chi connectivity index (χ1v) is 6.43. The molecule has 0 aromatic heterocycles. The summed E-state index contributed by atoms with van der Waals surface area (Å²) in [6.45, 7) is 5.35. The molecule has 3 heteroatoms. The fourth-order valence-corrected chi connectivity index (χ4v) is 2.89. The van der Waals surface area contributed by atoms with E-state index in [1.807, 2.05) is 0 Å². The second-order valence-electron chi connectivity index (χ2n) is 5.18. The molecule has 2 unspecified atom stereocenters. The average molecular weight is 224 g/mol. The molecule has 2 N–H and O–H groups in total. The van der Waals surface area contributed by atoms with Crippen molar-refractivity contribution in [3.8, 4) is 6.07 Å². The molecule has 0 saturated heterocycles. The van der Waals surface area contributed by atoms with E-state index in [1.54, 1.807) is 0 Å². The fraction of sp³-hybridized carbons (Fsp3) is 0.923. The van der Waals surface area contributed by atoms with E-state index in [-0.39, 0.29) is 12.1 Å². The highest BCUT2D eigenvalue weighted by Gasteiger charge is 2.41. The lowest BCUT2D eigenvalue weighted by molar-refractivity contribution is 0.147. The maximum Gasteiger partial charge on any atom is 0.109 e. The van der Waals surface area contributed by atoms with Gasteiger partial charge in [0, 0.05) is 6.61 Å². The highest BCUT2D eigenvalue weighted by Crippen LogP contribution is 2.38. The highest BCUT2D eigenvalue weighted by atomic mass is 16.3. The van der Waals surface area contributed by atoms with Crippen LogP contribution in [0.4, 0.5) is 0 Å². The Bertz CT molecular complexity index is 247. The molecule has 0 spiro atoms. The lowest BCUT2D eigenvalue weighted by atomic mass is 9.68. The Morgan fingerprint density at radius 1 is 1.50 bits per heavy atom. The average Bonchev–Trinajstić information content (AvgIpc) is 2.29. The van der Waals surface area contributed by atoms with E-state index in [4.69, 9.17) is 5.11 Å². The molecule has 16 heavy (non-hydrogen) atoms. The van der Waals surface area contributed by atoms with E-state index in [1.165, 1.54) is 6.42 Å². The summed E-state index contributed by atoms with van der Waals surface area (Å²) >= 11 is 0. The van der Waals surface area contributed by atoms with Crippen LogP contribution in [0, 0.1) is 23.2 Å². The van der Waals surface area contributed by atoms with Gasteiger partial charge in [-0.15, -0.1) is 0 Å². The molecule has 1 aliphatic carbocycles. The van der Waals surface area contributed by atoms with Crippen LogP contribution in [-0.4, -0.2) is 23.8 Å². The summed E-state index contributed by atoms with van der Waals surface area (Å²) < 4.78 is 0. The normalized spacial score (nSPS) is 30.3. The number of rotatable bonds is 5. The van der Waals surface area contributed by atoms with Crippen molar-refractivity contribution in [2.45, 2.75) is 51.5 Å². The standard InChI is InChI=1S/C13H24N2O/c1-11(2)12-6-3-4-7-13(12,10-14)15-8-5-9-16/h11-12,15-16H,3-9H2,1-2H3. The van der Waals surface area contributed by atoms with Gasteiger partial charge in [-0.3, -0.25) is 5.32 Å². The van der Waals surface area contributed by atoms with Gasteiger partial charge < -0.3 is 5.11 Å². The lowest BCUT2D eigenvalue weighted by Crippen LogP contribution is -2.54. The SMILES string of the molecule is CC(C)C1CCCCC1(C#N)NCCCO. The van der Waals surface area contributed by atoms with Gasteiger partial charge in [-0.05, 0) is 37.6 Å². The molecule has 1 aliphatic rings. The Kier molecular flexibility index (Phi) is 5.24. The molecule has 3 nitrogen and oxygen atoms in total. The Balaban J connectivity index is 2.69. The van der Waals surface area contributed by atoms with Crippen LogP contribution in [0.1, 0.15) is 46.0 Å². The third-order valence-electron chi connectivity index (χ3n) is 3.75. The van der Waals surface area contributed by atoms with Gasteiger partial charge in [0.25, 0.3) is 0 Å². The Hall–Kier alpha value is -0.590. The molecule has 2 atom stereocenters. The van der Waals surface area contributed by atoms with E-state index >= 15 is 0 Å². The summed E-state index contributed by atoms with van der Waals surface area (Å²) in [7, 11) is 0. The van der Waals surface area contributed by atoms with Crippen LogP contribution in [0.2, 0.25) is 0 Å². The lowest BCUT2D eigenvalue weighted by Gasteiger charge is -2.42. The van der Waals surface area contributed by atoms with Crippen molar-refractivity contribution in [2.75, 3.05) is 13.2 Å². The molecule has 1 saturated carbocycles. The second-order valence-corrected chi connectivity index (χ2v) is 5.18. The number of nitrogens with zero attached hydrogens (tertiary/aromatic N) is 1. The molecule has 0 aromatic rings.